The molecule has 0 spiro atoms. The fraction of sp³-hybridized carbons (Fsp3) is 0.500. The Labute approximate surface area is 153 Å². The van der Waals surface area contributed by atoms with Crippen molar-refractivity contribution in [2.75, 3.05) is 44.5 Å². The highest BCUT2D eigenvalue weighted by molar-refractivity contribution is 6.01. The molecule has 0 saturated heterocycles. The third-order valence-electron chi connectivity index (χ3n) is 4.01. The normalized spacial score (nSPS) is 16.1. The zero-order valence-corrected chi connectivity index (χ0v) is 15.6. The van der Waals surface area contributed by atoms with E-state index in [0.717, 1.165) is 0 Å². The molecule has 2 amide bonds. The molecular formula is C18H25N3O5. The standard InChI is InChI=1S/C18H25N3O5/c1-12-18(24)21(10-9-20(2)3)14-11-13(5-6-15(14)26-12)19-16(22)7-8-17(23)25-4/h5-6,11-12H,7-10H2,1-4H3,(H,19,22). The van der Waals surface area contributed by atoms with Gasteiger partial charge in [0.05, 0.1) is 19.2 Å². The van der Waals surface area contributed by atoms with Crippen molar-refractivity contribution in [2.45, 2.75) is 25.9 Å². The molecule has 1 aromatic rings. The van der Waals surface area contributed by atoms with Crippen LogP contribution in [0.3, 0.4) is 0 Å². The number of anilines is 2. The zero-order chi connectivity index (χ0) is 19.3. The van der Waals surface area contributed by atoms with E-state index in [-0.39, 0.29) is 24.7 Å². The highest BCUT2D eigenvalue weighted by Gasteiger charge is 2.31. The van der Waals surface area contributed by atoms with Crippen LogP contribution >= 0.6 is 0 Å². The molecule has 2 rings (SSSR count). The van der Waals surface area contributed by atoms with Gasteiger partial charge in [0.15, 0.2) is 6.10 Å². The van der Waals surface area contributed by atoms with Crippen LogP contribution in [0.4, 0.5) is 11.4 Å². The van der Waals surface area contributed by atoms with Gasteiger partial charge in [-0.2, -0.15) is 0 Å². The Morgan fingerprint density at radius 2 is 2.04 bits per heavy atom. The average Bonchev–Trinajstić information content (AvgIpc) is 2.60. The van der Waals surface area contributed by atoms with E-state index in [2.05, 4.69) is 10.1 Å². The maximum Gasteiger partial charge on any atom is 0.306 e. The maximum atomic E-state index is 12.5. The molecule has 0 radical (unpaired) electrons. The minimum atomic E-state index is -0.551. The number of carbonyl (C=O) groups is 3. The van der Waals surface area contributed by atoms with Gasteiger partial charge in [-0.05, 0) is 39.2 Å². The third kappa shape index (κ3) is 4.95. The van der Waals surface area contributed by atoms with Gasteiger partial charge in [-0.1, -0.05) is 0 Å². The Morgan fingerprint density at radius 1 is 1.31 bits per heavy atom. The molecule has 1 atom stereocenters. The van der Waals surface area contributed by atoms with Crippen LogP contribution in [0.25, 0.3) is 0 Å². The largest absolute Gasteiger partial charge is 0.479 e. The lowest BCUT2D eigenvalue weighted by atomic mass is 10.1. The molecule has 26 heavy (non-hydrogen) atoms. The smallest absolute Gasteiger partial charge is 0.306 e. The van der Waals surface area contributed by atoms with Gasteiger partial charge in [0.2, 0.25) is 5.91 Å². The predicted molar refractivity (Wildman–Crippen MR) is 97.3 cm³/mol. The zero-order valence-electron chi connectivity index (χ0n) is 15.6. The van der Waals surface area contributed by atoms with Gasteiger partial charge in [0.25, 0.3) is 5.91 Å². The van der Waals surface area contributed by atoms with Crippen molar-refractivity contribution in [1.82, 2.24) is 4.90 Å². The van der Waals surface area contributed by atoms with Crippen LogP contribution in [0.15, 0.2) is 18.2 Å². The second kappa shape index (κ2) is 8.66. The Hall–Kier alpha value is -2.61. The molecule has 0 saturated carbocycles. The molecule has 8 nitrogen and oxygen atoms in total. The minimum absolute atomic E-state index is 0.0152. The SMILES string of the molecule is COC(=O)CCC(=O)Nc1ccc2c(c1)N(CCN(C)C)C(=O)C(C)O2. The van der Waals surface area contributed by atoms with Gasteiger partial charge in [-0.25, -0.2) is 0 Å². The molecule has 0 bridgehead atoms. The number of amides is 2. The van der Waals surface area contributed by atoms with Crippen LogP contribution in [-0.4, -0.2) is 63.1 Å². The van der Waals surface area contributed by atoms with Crippen LogP contribution < -0.4 is 15.0 Å². The van der Waals surface area contributed by atoms with Gasteiger partial charge < -0.3 is 24.6 Å². The number of methoxy groups -OCH3 is 1. The third-order valence-corrected chi connectivity index (χ3v) is 4.01. The maximum absolute atomic E-state index is 12.5. The molecule has 8 heteroatoms. The van der Waals surface area contributed by atoms with E-state index < -0.39 is 12.1 Å². The second-order valence-electron chi connectivity index (χ2n) is 6.36. The molecule has 0 aromatic heterocycles. The van der Waals surface area contributed by atoms with Crippen LogP contribution in [-0.2, 0) is 19.1 Å². The average molecular weight is 363 g/mol. The van der Waals surface area contributed by atoms with Crippen LogP contribution in [0.1, 0.15) is 19.8 Å². The summed E-state index contributed by atoms with van der Waals surface area (Å²) in [6.07, 6.45) is -0.507. The molecule has 1 unspecified atom stereocenters. The molecule has 1 aromatic carbocycles. The Bertz CT molecular complexity index is 689. The summed E-state index contributed by atoms with van der Waals surface area (Å²) < 4.78 is 10.2. The molecule has 1 heterocycles. The topological polar surface area (TPSA) is 88.2 Å². The molecule has 1 aliphatic rings. The first kappa shape index (κ1) is 19.7. The number of nitrogens with zero attached hydrogens (tertiary/aromatic N) is 2. The van der Waals surface area contributed by atoms with Crippen molar-refractivity contribution in [3.8, 4) is 5.75 Å². The lowest BCUT2D eigenvalue weighted by Gasteiger charge is -2.34. The summed E-state index contributed by atoms with van der Waals surface area (Å²) in [7, 11) is 5.16. The van der Waals surface area contributed by atoms with E-state index in [1.807, 2.05) is 19.0 Å². The lowest BCUT2D eigenvalue weighted by Crippen LogP contribution is -2.46. The van der Waals surface area contributed by atoms with E-state index in [0.29, 0.717) is 30.2 Å². The van der Waals surface area contributed by atoms with Crippen molar-refractivity contribution >= 4 is 29.2 Å². The van der Waals surface area contributed by atoms with Crippen molar-refractivity contribution < 1.29 is 23.9 Å². The predicted octanol–water partition coefficient (Wildman–Crippen LogP) is 1.25. The summed E-state index contributed by atoms with van der Waals surface area (Å²) in [5.41, 5.74) is 1.17. The van der Waals surface area contributed by atoms with E-state index in [1.165, 1.54) is 7.11 Å². The fourth-order valence-electron chi connectivity index (χ4n) is 2.56. The van der Waals surface area contributed by atoms with Gasteiger partial charge in [0, 0.05) is 25.2 Å². The summed E-state index contributed by atoms with van der Waals surface area (Å²) in [5, 5.41) is 2.73. The van der Waals surface area contributed by atoms with Gasteiger partial charge in [-0.15, -0.1) is 0 Å². The lowest BCUT2D eigenvalue weighted by molar-refractivity contribution is -0.141. The number of benzene rings is 1. The fourth-order valence-corrected chi connectivity index (χ4v) is 2.56. The van der Waals surface area contributed by atoms with E-state index in [1.54, 1.807) is 30.0 Å². The van der Waals surface area contributed by atoms with Crippen molar-refractivity contribution in [3.05, 3.63) is 18.2 Å². The Kier molecular flexibility index (Phi) is 6.57. The van der Waals surface area contributed by atoms with E-state index in [9.17, 15) is 14.4 Å². The Morgan fingerprint density at radius 3 is 2.69 bits per heavy atom. The van der Waals surface area contributed by atoms with E-state index >= 15 is 0 Å². The monoisotopic (exact) mass is 363 g/mol. The first-order valence-electron chi connectivity index (χ1n) is 8.45. The number of likely N-dealkylation sites (N-methyl/N-ethyl adjacent to an activating group) is 1. The highest BCUT2D eigenvalue weighted by atomic mass is 16.5. The molecule has 0 aliphatic carbocycles. The van der Waals surface area contributed by atoms with Crippen molar-refractivity contribution in [2.24, 2.45) is 0 Å². The van der Waals surface area contributed by atoms with Crippen LogP contribution in [0.2, 0.25) is 0 Å². The van der Waals surface area contributed by atoms with Crippen molar-refractivity contribution in [1.29, 1.82) is 0 Å². The summed E-state index contributed by atoms with van der Waals surface area (Å²) in [6.45, 7) is 2.94. The second-order valence-corrected chi connectivity index (χ2v) is 6.36. The number of hydrogen-bond acceptors (Lipinski definition) is 6. The Balaban J connectivity index is 2.14. The molecule has 142 valence electrons. The summed E-state index contributed by atoms with van der Waals surface area (Å²) in [6, 6.07) is 5.16. The quantitative estimate of drug-likeness (QED) is 0.734. The molecule has 1 N–H and O–H groups in total. The number of esters is 1. The number of rotatable bonds is 7. The molecule has 0 fully saturated rings. The van der Waals surface area contributed by atoms with Crippen molar-refractivity contribution in [3.63, 3.8) is 0 Å². The van der Waals surface area contributed by atoms with Crippen LogP contribution in [0.5, 0.6) is 5.75 Å². The molecule has 1 aliphatic heterocycles. The van der Waals surface area contributed by atoms with E-state index in [4.69, 9.17) is 4.74 Å². The number of nitrogens with one attached hydrogen (secondary N) is 1. The summed E-state index contributed by atoms with van der Waals surface area (Å²) in [5.74, 6) is -0.253. The van der Waals surface area contributed by atoms with Gasteiger partial charge in [-0.3, -0.25) is 14.4 Å². The number of ether oxygens (including phenoxy) is 2. The molecular weight excluding hydrogens is 338 g/mol. The first-order valence-corrected chi connectivity index (χ1v) is 8.45. The first-order chi connectivity index (χ1) is 12.3. The summed E-state index contributed by atoms with van der Waals surface area (Å²) in [4.78, 5) is 39.3. The van der Waals surface area contributed by atoms with Gasteiger partial charge >= 0.3 is 5.97 Å². The van der Waals surface area contributed by atoms with Gasteiger partial charge in [0.1, 0.15) is 5.75 Å². The number of hydrogen-bond donors (Lipinski definition) is 1. The minimum Gasteiger partial charge on any atom is -0.479 e. The summed E-state index contributed by atoms with van der Waals surface area (Å²) >= 11 is 0. The number of fused-ring (bicyclic) bond motifs is 1. The number of carbonyl (C=O) groups excluding carboxylic acids is 3. The van der Waals surface area contributed by atoms with Crippen LogP contribution in [0, 0.1) is 0 Å². The highest BCUT2D eigenvalue weighted by Crippen LogP contribution is 2.36.